The molecule has 2 aromatic rings. The Labute approximate surface area is 167 Å². The first kappa shape index (κ1) is 20.3. The number of halogens is 1. The van der Waals surface area contributed by atoms with E-state index in [1.54, 1.807) is 25.1 Å². The van der Waals surface area contributed by atoms with Gasteiger partial charge in [-0.05, 0) is 42.8 Å². The maximum atomic E-state index is 13.6. The van der Waals surface area contributed by atoms with Crippen LogP contribution in [0.4, 0.5) is 4.39 Å². The smallest absolute Gasteiger partial charge is 0.307 e. The summed E-state index contributed by atoms with van der Waals surface area (Å²) in [5.41, 5.74) is 0.530. The molecule has 0 saturated heterocycles. The molecule has 2 aromatic carbocycles. The number of fused-ring (bicyclic) bond motifs is 1. The molecular weight excluding hydrogens is 381 g/mol. The largest absolute Gasteiger partial charge is 0.493 e. The van der Waals surface area contributed by atoms with Crippen LogP contribution in [0, 0.1) is 5.82 Å². The zero-order chi connectivity index (χ0) is 21.1. The Morgan fingerprint density at radius 3 is 2.41 bits per heavy atom. The summed E-state index contributed by atoms with van der Waals surface area (Å²) in [5, 5.41) is 0. The van der Waals surface area contributed by atoms with Gasteiger partial charge in [-0.25, -0.2) is 4.39 Å². The predicted molar refractivity (Wildman–Crippen MR) is 100 cm³/mol. The predicted octanol–water partition coefficient (Wildman–Crippen LogP) is 3.13. The van der Waals surface area contributed by atoms with E-state index >= 15 is 0 Å². The zero-order valence-electron chi connectivity index (χ0n) is 16.2. The Bertz CT molecular complexity index is 974. The van der Waals surface area contributed by atoms with Gasteiger partial charge >= 0.3 is 5.97 Å². The molecule has 0 saturated carbocycles. The van der Waals surface area contributed by atoms with E-state index in [2.05, 4.69) is 0 Å². The number of nitrogens with zero attached hydrogens (tertiary/aromatic N) is 1. The van der Waals surface area contributed by atoms with Crippen LogP contribution in [0.2, 0.25) is 0 Å². The maximum Gasteiger partial charge on any atom is 0.307 e. The molecule has 0 radical (unpaired) electrons. The number of rotatable bonds is 7. The summed E-state index contributed by atoms with van der Waals surface area (Å²) in [4.78, 5) is 38.8. The Kier molecular flexibility index (Phi) is 5.81. The highest BCUT2D eigenvalue weighted by Crippen LogP contribution is 2.37. The van der Waals surface area contributed by atoms with Crippen molar-refractivity contribution in [1.82, 2.24) is 4.90 Å². The van der Waals surface area contributed by atoms with E-state index in [-0.39, 0.29) is 17.5 Å². The lowest BCUT2D eigenvalue weighted by molar-refractivity contribution is -0.141. The number of methoxy groups -OCH3 is 2. The van der Waals surface area contributed by atoms with E-state index in [9.17, 15) is 18.8 Å². The van der Waals surface area contributed by atoms with Crippen LogP contribution in [0.3, 0.4) is 0 Å². The standard InChI is InChI=1S/C21H20FNO6/c1-4-29-18-9-12(5-8-17(18)27-2)16(11-19(24)28-3)23-20(25)14-7-6-13(22)10-15(14)21(23)26/h5-10,16H,4,11H2,1-3H3. The molecule has 152 valence electrons. The number of carbonyl (C=O) groups is 3. The van der Waals surface area contributed by atoms with Crippen molar-refractivity contribution in [3.8, 4) is 11.5 Å². The molecule has 1 unspecified atom stereocenters. The van der Waals surface area contributed by atoms with Gasteiger partial charge in [-0.2, -0.15) is 0 Å². The van der Waals surface area contributed by atoms with E-state index in [4.69, 9.17) is 14.2 Å². The first-order valence-electron chi connectivity index (χ1n) is 8.96. The van der Waals surface area contributed by atoms with Crippen LogP contribution in [0.5, 0.6) is 11.5 Å². The van der Waals surface area contributed by atoms with Crippen LogP contribution in [-0.2, 0) is 9.53 Å². The fourth-order valence-corrected chi connectivity index (χ4v) is 3.28. The summed E-state index contributed by atoms with van der Waals surface area (Å²) < 4.78 is 29.2. The van der Waals surface area contributed by atoms with Crippen LogP contribution in [-0.4, -0.2) is 43.5 Å². The molecule has 0 bridgehead atoms. The molecule has 1 aliphatic rings. The third-order valence-electron chi connectivity index (χ3n) is 4.65. The highest BCUT2D eigenvalue weighted by atomic mass is 19.1. The van der Waals surface area contributed by atoms with Crippen molar-refractivity contribution in [3.05, 3.63) is 58.9 Å². The molecule has 1 heterocycles. The van der Waals surface area contributed by atoms with Gasteiger partial charge in [0.25, 0.3) is 11.8 Å². The SMILES string of the molecule is CCOc1cc(C(CC(=O)OC)N2C(=O)c3ccc(F)cc3C2=O)ccc1OC. The summed E-state index contributed by atoms with van der Waals surface area (Å²) in [6.45, 7) is 2.17. The van der Waals surface area contributed by atoms with Crippen LogP contribution < -0.4 is 9.47 Å². The summed E-state index contributed by atoms with van der Waals surface area (Å²) in [6, 6.07) is 7.32. The van der Waals surface area contributed by atoms with E-state index in [0.29, 0.717) is 23.7 Å². The molecule has 8 heteroatoms. The second-order valence-corrected chi connectivity index (χ2v) is 6.31. The van der Waals surface area contributed by atoms with Crippen molar-refractivity contribution in [1.29, 1.82) is 0 Å². The Morgan fingerprint density at radius 2 is 1.76 bits per heavy atom. The van der Waals surface area contributed by atoms with Crippen molar-refractivity contribution in [2.45, 2.75) is 19.4 Å². The Hall–Kier alpha value is -3.42. The molecule has 0 spiro atoms. The van der Waals surface area contributed by atoms with E-state index < -0.39 is 29.6 Å². The second kappa shape index (κ2) is 8.30. The van der Waals surface area contributed by atoms with Crippen molar-refractivity contribution < 1.29 is 33.0 Å². The second-order valence-electron chi connectivity index (χ2n) is 6.31. The molecular formula is C21H20FNO6. The third kappa shape index (κ3) is 3.78. The molecule has 0 aliphatic carbocycles. The lowest BCUT2D eigenvalue weighted by Crippen LogP contribution is -2.35. The van der Waals surface area contributed by atoms with Crippen molar-refractivity contribution in [2.24, 2.45) is 0 Å². The average Bonchev–Trinajstić information content (AvgIpc) is 2.96. The number of esters is 1. The van der Waals surface area contributed by atoms with Crippen molar-refractivity contribution in [3.63, 3.8) is 0 Å². The quantitative estimate of drug-likeness (QED) is 0.524. The number of carbonyl (C=O) groups excluding carboxylic acids is 3. The fourth-order valence-electron chi connectivity index (χ4n) is 3.28. The van der Waals surface area contributed by atoms with Gasteiger partial charge in [0, 0.05) is 0 Å². The van der Waals surface area contributed by atoms with Crippen LogP contribution >= 0.6 is 0 Å². The zero-order valence-corrected chi connectivity index (χ0v) is 16.2. The number of hydrogen-bond donors (Lipinski definition) is 0. The first-order chi connectivity index (χ1) is 13.9. The first-order valence-corrected chi connectivity index (χ1v) is 8.96. The molecule has 1 atom stereocenters. The molecule has 3 rings (SSSR count). The molecule has 0 N–H and O–H groups in total. The van der Waals surface area contributed by atoms with Gasteiger partial charge in [0.2, 0.25) is 0 Å². The van der Waals surface area contributed by atoms with Crippen molar-refractivity contribution >= 4 is 17.8 Å². The average molecular weight is 401 g/mol. The lowest BCUT2D eigenvalue weighted by atomic mass is 10.0. The molecule has 2 amide bonds. The van der Waals surface area contributed by atoms with E-state index in [1.165, 1.54) is 20.3 Å². The number of imide groups is 1. The van der Waals surface area contributed by atoms with Crippen LogP contribution in [0.15, 0.2) is 36.4 Å². The minimum atomic E-state index is -0.956. The van der Waals surface area contributed by atoms with Crippen LogP contribution in [0.1, 0.15) is 45.7 Å². The van der Waals surface area contributed by atoms with Crippen LogP contribution in [0.25, 0.3) is 0 Å². The molecule has 0 aromatic heterocycles. The molecule has 29 heavy (non-hydrogen) atoms. The summed E-state index contributed by atoms with van der Waals surface area (Å²) in [6.07, 6.45) is -0.262. The molecule has 7 nitrogen and oxygen atoms in total. The van der Waals surface area contributed by atoms with Gasteiger partial charge in [0.05, 0.1) is 44.4 Å². The number of amides is 2. The summed E-state index contributed by atoms with van der Waals surface area (Å²) >= 11 is 0. The summed E-state index contributed by atoms with van der Waals surface area (Å²) in [5.74, 6) is -1.63. The van der Waals surface area contributed by atoms with Gasteiger partial charge < -0.3 is 14.2 Å². The van der Waals surface area contributed by atoms with Gasteiger partial charge in [0.1, 0.15) is 5.82 Å². The highest BCUT2D eigenvalue weighted by Gasteiger charge is 2.42. The highest BCUT2D eigenvalue weighted by molar-refractivity contribution is 6.21. The van der Waals surface area contributed by atoms with Crippen molar-refractivity contribution in [2.75, 3.05) is 20.8 Å². The number of ether oxygens (including phenoxy) is 3. The summed E-state index contributed by atoms with van der Waals surface area (Å²) in [7, 11) is 2.71. The number of benzene rings is 2. The third-order valence-corrected chi connectivity index (χ3v) is 4.65. The maximum absolute atomic E-state index is 13.6. The molecule has 0 fully saturated rings. The normalized spacial score (nSPS) is 13.9. The van der Waals surface area contributed by atoms with Gasteiger partial charge in [-0.1, -0.05) is 6.07 Å². The topological polar surface area (TPSA) is 82.1 Å². The Morgan fingerprint density at radius 1 is 1.03 bits per heavy atom. The monoisotopic (exact) mass is 401 g/mol. The van der Waals surface area contributed by atoms with Gasteiger partial charge in [-0.15, -0.1) is 0 Å². The lowest BCUT2D eigenvalue weighted by Gasteiger charge is -2.26. The van der Waals surface area contributed by atoms with E-state index in [1.807, 2.05) is 0 Å². The fraction of sp³-hybridized carbons (Fsp3) is 0.286. The van der Waals surface area contributed by atoms with Gasteiger partial charge in [-0.3, -0.25) is 19.3 Å². The minimum Gasteiger partial charge on any atom is -0.493 e. The minimum absolute atomic E-state index is 0.0385. The number of hydrogen-bond acceptors (Lipinski definition) is 6. The Balaban J connectivity index is 2.07. The molecule has 1 aliphatic heterocycles. The van der Waals surface area contributed by atoms with E-state index in [0.717, 1.165) is 17.0 Å². The van der Waals surface area contributed by atoms with Gasteiger partial charge in [0.15, 0.2) is 11.5 Å².